The Bertz CT molecular complexity index is 1060. The summed E-state index contributed by atoms with van der Waals surface area (Å²) in [7, 11) is 3.23. The maximum absolute atomic E-state index is 12.6. The van der Waals surface area contributed by atoms with Crippen LogP contribution in [0.1, 0.15) is 12.5 Å². The van der Waals surface area contributed by atoms with Crippen LogP contribution in [0.3, 0.4) is 0 Å². The fourth-order valence-corrected chi connectivity index (χ4v) is 3.54. The molecule has 3 aromatic rings. The van der Waals surface area contributed by atoms with Crippen molar-refractivity contribution in [2.45, 2.75) is 24.3 Å². The van der Waals surface area contributed by atoms with Crippen LogP contribution in [0.2, 0.25) is 0 Å². The monoisotopic (exact) mass is 383 g/mol. The highest BCUT2D eigenvalue weighted by atomic mass is 32.2. The van der Waals surface area contributed by atoms with Crippen LogP contribution in [0.25, 0.3) is 10.9 Å². The Hall–Kier alpha value is -2.80. The van der Waals surface area contributed by atoms with E-state index in [1.54, 1.807) is 33.2 Å². The number of rotatable bonds is 5. The van der Waals surface area contributed by atoms with E-state index in [0.29, 0.717) is 27.5 Å². The smallest absolute Gasteiger partial charge is 0.261 e. The summed E-state index contributed by atoms with van der Waals surface area (Å²) in [5, 5.41) is 3.49. The summed E-state index contributed by atoms with van der Waals surface area (Å²) in [6, 6.07) is 12.8. The molecule has 1 atom stereocenters. The first-order valence-electron chi connectivity index (χ1n) is 8.48. The molecule has 0 saturated carbocycles. The lowest BCUT2D eigenvalue weighted by atomic mass is 10.2. The number of anilines is 1. The number of carbonyl (C=O) groups excluding carboxylic acids is 1. The average Bonchev–Trinajstić information content (AvgIpc) is 2.66. The Morgan fingerprint density at radius 3 is 2.74 bits per heavy atom. The molecular formula is C20H21N3O3S. The van der Waals surface area contributed by atoms with Gasteiger partial charge in [-0.3, -0.25) is 14.2 Å². The highest BCUT2D eigenvalue weighted by Crippen LogP contribution is 2.26. The van der Waals surface area contributed by atoms with E-state index in [4.69, 9.17) is 4.74 Å². The van der Waals surface area contributed by atoms with Crippen molar-refractivity contribution in [2.75, 3.05) is 12.4 Å². The van der Waals surface area contributed by atoms with Crippen molar-refractivity contribution in [3.8, 4) is 5.75 Å². The van der Waals surface area contributed by atoms with Crippen LogP contribution in [0.15, 0.2) is 52.4 Å². The van der Waals surface area contributed by atoms with E-state index in [1.807, 2.05) is 37.3 Å². The number of aromatic nitrogens is 2. The van der Waals surface area contributed by atoms with Gasteiger partial charge in [0, 0.05) is 7.05 Å². The highest BCUT2D eigenvalue weighted by Gasteiger charge is 2.19. The molecule has 0 bridgehead atoms. The third kappa shape index (κ3) is 3.98. The first-order valence-corrected chi connectivity index (χ1v) is 9.36. The zero-order valence-electron chi connectivity index (χ0n) is 15.6. The van der Waals surface area contributed by atoms with Gasteiger partial charge in [0.15, 0.2) is 5.16 Å². The number of carbonyl (C=O) groups is 1. The van der Waals surface area contributed by atoms with Gasteiger partial charge in [-0.2, -0.15) is 0 Å². The third-order valence-corrected chi connectivity index (χ3v) is 5.35. The fraction of sp³-hybridized carbons (Fsp3) is 0.250. The topological polar surface area (TPSA) is 73.2 Å². The summed E-state index contributed by atoms with van der Waals surface area (Å²) in [6.45, 7) is 3.71. The maximum atomic E-state index is 12.6. The Balaban J connectivity index is 1.84. The van der Waals surface area contributed by atoms with Gasteiger partial charge >= 0.3 is 0 Å². The van der Waals surface area contributed by atoms with Crippen LogP contribution in [0.4, 0.5) is 5.69 Å². The first-order chi connectivity index (χ1) is 12.9. The molecule has 3 rings (SSSR count). The number of aryl methyl sites for hydroxylation is 1. The van der Waals surface area contributed by atoms with Crippen molar-refractivity contribution >= 4 is 34.3 Å². The number of fused-ring (bicyclic) bond motifs is 1. The van der Waals surface area contributed by atoms with E-state index in [0.717, 1.165) is 5.56 Å². The summed E-state index contributed by atoms with van der Waals surface area (Å²) in [6.07, 6.45) is 0. The number of para-hydroxylation sites is 2. The van der Waals surface area contributed by atoms with Crippen LogP contribution in [-0.2, 0) is 11.8 Å². The van der Waals surface area contributed by atoms with Gasteiger partial charge in [0.25, 0.3) is 5.56 Å². The second kappa shape index (κ2) is 7.84. The molecule has 0 aliphatic heterocycles. The van der Waals surface area contributed by atoms with Crippen molar-refractivity contribution in [1.82, 2.24) is 9.55 Å². The number of nitrogens with zero attached hydrogens (tertiary/aromatic N) is 2. The molecule has 1 unspecified atom stereocenters. The second-order valence-electron chi connectivity index (χ2n) is 6.23. The van der Waals surface area contributed by atoms with Gasteiger partial charge < -0.3 is 10.1 Å². The van der Waals surface area contributed by atoms with Crippen LogP contribution in [-0.4, -0.2) is 27.8 Å². The van der Waals surface area contributed by atoms with Crippen LogP contribution >= 0.6 is 11.8 Å². The number of hydrogen-bond acceptors (Lipinski definition) is 5. The van der Waals surface area contributed by atoms with Gasteiger partial charge in [-0.15, -0.1) is 0 Å². The van der Waals surface area contributed by atoms with E-state index in [-0.39, 0.29) is 11.5 Å². The largest absolute Gasteiger partial charge is 0.495 e. The average molecular weight is 383 g/mol. The lowest BCUT2D eigenvalue weighted by Gasteiger charge is -2.15. The Kier molecular flexibility index (Phi) is 5.51. The third-order valence-electron chi connectivity index (χ3n) is 4.21. The first kappa shape index (κ1) is 19.0. The molecule has 6 nitrogen and oxygen atoms in total. The maximum Gasteiger partial charge on any atom is 0.261 e. The fourth-order valence-electron chi connectivity index (χ4n) is 2.66. The molecule has 0 aliphatic carbocycles. The van der Waals surface area contributed by atoms with Crippen molar-refractivity contribution in [3.05, 3.63) is 58.4 Å². The molecule has 27 heavy (non-hydrogen) atoms. The van der Waals surface area contributed by atoms with Gasteiger partial charge in [-0.1, -0.05) is 35.5 Å². The van der Waals surface area contributed by atoms with Crippen molar-refractivity contribution in [1.29, 1.82) is 0 Å². The normalized spacial score (nSPS) is 12.0. The number of ether oxygens (including phenoxy) is 1. The standard InChI is InChI=1S/C20H21N3O3S/c1-12-9-10-15-14(11-12)19(25)23(3)20(22-15)27-13(2)18(24)21-16-7-5-6-8-17(16)26-4/h5-11,13H,1-4H3,(H,21,24). The lowest BCUT2D eigenvalue weighted by molar-refractivity contribution is -0.115. The summed E-state index contributed by atoms with van der Waals surface area (Å²) < 4.78 is 6.74. The highest BCUT2D eigenvalue weighted by molar-refractivity contribution is 8.00. The zero-order valence-corrected chi connectivity index (χ0v) is 16.5. The van der Waals surface area contributed by atoms with Gasteiger partial charge in [0.05, 0.1) is 29.0 Å². The second-order valence-corrected chi connectivity index (χ2v) is 7.54. The van der Waals surface area contributed by atoms with Crippen molar-refractivity contribution < 1.29 is 9.53 Å². The molecule has 1 amide bonds. The van der Waals surface area contributed by atoms with Gasteiger partial charge in [0.1, 0.15) is 5.75 Å². The SMILES string of the molecule is COc1ccccc1NC(=O)C(C)Sc1nc2ccc(C)cc2c(=O)n1C. The Morgan fingerprint density at radius 1 is 1.26 bits per heavy atom. The molecule has 1 N–H and O–H groups in total. The number of benzene rings is 2. The van der Waals surface area contributed by atoms with E-state index in [2.05, 4.69) is 10.3 Å². The minimum absolute atomic E-state index is 0.122. The van der Waals surface area contributed by atoms with Crippen molar-refractivity contribution in [2.24, 2.45) is 7.05 Å². The molecule has 0 radical (unpaired) electrons. The molecule has 1 aromatic heterocycles. The molecule has 0 fully saturated rings. The molecule has 2 aromatic carbocycles. The number of nitrogens with one attached hydrogen (secondary N) is 1. The molecule has 0 saturated heterocycles. The number of amides is 1. The predicted molar refractivity (Wildman–Crippen MR) is 109 cm³/mol. The molecular weight excluding hydrogens is 362 g/mol. The summed E-state index contributed by atoms with van der Waals surface area (Å²) in [5.74, 6) is 0.400. The van der Waals surface area contributed by atoms with E-state index < -0.39 is 5.25 Å². The molecule has 7 heteroatoms. The number of methoxy groups -OCH3 is 1. The van der Waals surface area contributed by atoms with Crippen molar-refractivity contribution in [3.63, 3.8) is 0 Å². The van der Waals surface area contributed by atoms with Gasteiger partial charge in [0.2, 0.25) is 5.91 Å². The summed E-state index contributed by atoms with van der Waals surface area (Å²) in [5.41, 5.74) is 2.12. The van der Waals surface area contributed by atoms with E-state index >= 15 is 0 Å². The molecule has 140 valence electrons. The van der Waals surface area contributed by atoms with Crippen LogP contribution in [0.5, 0.6) is 5.75 Å². The quantitative estimate of drug-likeness (QED) is 0.540. The number of thioether (sulfide) groups is 1. The molecule has 1 heterocycles. The van der Waals surface area contributed by atoms with Crippen LogP contribution < -0.4 is 15.6 Å². The predicted octanol–water partition coefficient (Wildman–Crippen LogP) is 3.37. The Morgan fingerprint density at radius 2 is 2.00 bits per heavy atom. The molecule has 0 aliphatic rings. The summed E-state index contributed by atoms with van der Waals surface area (Å²) >= 11 is 1.24. The van der Waals surface area contributed by atoms with Gasteiger partial charge in [-0.25, -0.2) is 4.98 Å². The zero-order chi connectivity index (χ0) is 19.6. The lowest BCUT2D eigenvalue weighted by Crippen LogP contribution is -2.25. The Labute approximate surface area is 161 Å². The van der Waals surface area contributed by atoms with E-state index in [9.17, 15) is 9.59 Å². The minimum atomic E-state index is -0.448. The summed E-state index contributed by atoms with van der Waals surface area (Å²) in [4.78, 5) is 29.8. The van der Waals surface area contributed by atoms with E-state index in [1.165, 1.54) is 16.3 Å². The van der Waals surface area contributed by atoms with Crippen LogP contribution in [0, 0.1) is 6.92 Å². The minimum Gasteiger partial charge on any atom is -0.495 e. The molecule has 0 spiro atoms. The van der Waals surface area contributed by atoms with Gasteiger partial charge in [-0.05, 0) is 38.1 Å². The number of hydrogen-bond donors (Lipinski definition) is 1.